The molecule has 6 heteroatoms. The number of ether oxygens (including phenoxy) is 1. The van der Waals surface area contributed by atoms with Crippen LogP contribution >= 0.6 is 0 Å². The van der Waals surface area contributed by atoms with Crippen LogP contribution in [-0.4, -0.2) is 58.0 Å². The van der Waals surface area contributed by atoms with E-state index in [2.05, 4.69) is 10.2 Å². The Balaban J connectivity index is 1.67. The van der Waals surface area contributed by atoms with Gasteiger partial charge in [-0.3, -0.25) is 9.89 Å². The number of amides is 1. The number of aliphatic hydroxyl groups excluding tert-OH is 1. The van der Waals surface area contributed by atoms with Crippen molar-refractivity contribution < 1.29 is 14.6 Å². The summed E-state index contributed by atoms with van der Waals surface area (Å²) in [7, 11) is 0. The number of morpholine rings is 1. The third kappa shape index (κ3) is 2.50. The van der Waals surface area contributed by atoms with Gasteiger partial charge in [0.1, 0.15) is 0 Å². The van der Waals surface area contributed by atoms with Gasteiger partial charge in [-0.15, -0.1) is 0 Å². The molecule has 1 aromatic heterocycles. The van der Waals surface area contributed by atoms with Crippen LogP contribution in [0.15, 0.2) is 12.3 Å². The highest BCUT2D eigenvalue weighted by molar-refractivity contribution is 5.78. The zero-order valence-electron chi connectivity index (χ0n) is 10.8. The third-order valence-corrected chi connectivity index (χ3v) is 4.11. The number of carbonyl (C=O) groups is 1. The average molecular weight is 265 g/mol. The molecule has 1 aromatic rings. The van der Waals surface area contributed by atoms with Crippen molar-refractivity contribution in [2.45, 2.75) is 31.4 Å². The van der Waals surface area contributed by atoms with Crippen LogP contribution in [0.3, 0.4) is 0 Å². The molecular weight excluding hydrogens is 246 g/mol. The highest BCUT2D eigenvalue weighted by Crippen LogP contribution is 2.34. The maximum Gasteiger partial charge on any atom is 0.228 e. The Bertz CT molecular complexity index is 434. The van der Waals surface area contributed by atoms with E-state index in [1.54, 1.807) is 6.20 Å². The summed E-state index contributed by atoms with van der Waals surface area (Å²) in [5.74, 6) is 0.372. The highest BCUT2D eigenvalue weighted by atomic mass is 16.5. The van der Waals surface area contributed by atoms with Crippen molar-refractivity contribution >= 4 is 5.91 Å². The fraction of sp³-hybridized carbons (Fsp3) is 0.692. The minimum atomic E-state index is 0.0941. The first-order valence-electron chi connectivity index (χ1n) is 6.78. The Morgan fingerprint density at radius 3 is 3.21 bits per heavy atom. The molecule has 3 atom stereocenters. The molecule has 0 spiro atoms. The van der Waals surface area contributed by atoms with Gasteiger partial charge in [0.25, 0.3) is 0 Å². The van der Waals surface area contributed by atoms with E-state index in [4.69, 9.17) is 4.74 Å². The Labute approximate surface area is 111 Å². The van der Waals surface area contributed by atoms with Crippen LogP contribution in [0.25, 0.3) is 0 Å². The predicted molar refractivity (Wildman–Crippen MR) is 67.3 cm³/mol. The fourth-order valence-electron chi connectivity index (χ4n) is 3.16. The van der Waals surface area contributed by atoms with E-state index in [-0.39, 0.29) is 30.6 Å². The van der Waals surface area contributed by atoms with E-state index in [1.165, 1.54) is 0 Å². The van der Waals surface area contributed by atoms with Gasteiger partial charge in [0.15, 0.2) is 0 Å². The molecule has 104 valence electrons. The van der Waals surface area contributed by atoms with Crippen molar-refractivity contribution in [3.05, 3.63) is 18.0 Å². The lowest BCUT2D eigenvalue weighted by atomic mass is 10.1. The maximum absolute atomic E-state index is 12.4. The molecule has 1 amide bonds. The van der Waals surface area contributed by atoms with Crippen LogP contribution in [0.5, 0.6) is 0 Å². The van der Waals surface area contributed by atoms with Gasteiger partial charge in [-0.25, -0.2) is 0 Å². The summed E-state index contributed by atoms with van der Waals surface area (Å²) in [6.07, 6.45) is 3.80. The van der Waals surface area contributed by atoms with Gasteiger partial charge in [0.2, 0.25) is 5.91 Å². The largest absolute Gasteiger partial charge is 0.396 e. The van der Waals surface area contributed by atoms with Crippen molar-refractivity contribution in [1.82, 2.24) is 15.1 Å². The van der Waals surface area contributed by atoms with Crippen LogP contribution in [0, 0.1) is 5.92 Å². The Morgan fingerprint density at radius 2 is 2.47 bits per heavy atom. The fourth-order valence-corrected chi connectivity index (χ4v) is 3.16. The minimum Gasteiger partial charge on any atom is -0.396 e. The van der Waals surface area contributed by atoms with E-state index >= 15 is 0 Å². The summed E-state index contributed by atoms with van der Waals surface area (Å²) in [5.41, 5.74) is 0.838. The van der Waals surface area contributed by atoms with E-state index < -0.39 is 0 Å². The van der Waals surface area contributed by atoms with E-state index in [1.807, 2.05) is 11.0 Å². The Hall–Kier alpha value is -1.40. The zero-order valence-corrected chi connectivity index (χ0v) is 10.8. The molecule has 0 bridgehead atoms. The molecule has 2 N–H and O–H groups in total. The van der Waals surface area contributed by atoms with Gasteiger partial charge < -0.3 is 14.7 Å². The molecular formula is C13H19N3O3. The van der Waals surface area contributed by atoms with E-state index in [0.717, 1.165) is 18.5 Å². The zero-order chi connectivity index (χ0) is 13.2. The monoisotopic (exact) mass is 265 g/mol. The molecule has 0 unspecified atom stereocenters. The SMILES string of the molecule is O=C(Cc1ccn[nH]1)N1CCO[C@H]2C[C@H](CO)C[C@@H]21. The number of nitrogens with one attached hydrogen (secondary N) is 1. The second kappa shape index (κ2) is 5.30. The molecule has 1 aliphatic heterocycles. The summed E-state index contributed by atoms with van der Waals surface area (Å²) in [6.45, 7) is 1.42. The average Bonchev–Trinajstić information content (AvgIpc) is 3.05. The van der Waals surface area contributed by atoms with Crippen LogP contribution in [0.2, 0.25) is 0 Å². The molecule has 0 radical (unpaired) electrons. The van der Waals surface area contributed by atoms with Gasteiger partial charge >= 0.3 is 0 Å². The number of fused-ring (bicyclic) bond motifs is 1. The number of aromatic nitrogens is 2. The molecule has 1 saturated heterocycles. The molecule has 19 heavy (non-hydrogen) atoms. The molecule has 6 nitrogen and oxygen atoms in total. The summed E-state index contributed by atoms with van der Waals surface area (Å²) in [5, 5.41) is 15.9. The van der Waals surface area contributed by atoms with Crippen LogP contribution in [0.1, 0.15) is 18.5 Å². The van der Waals surface area contributed by atoms with Crippen LogP contribution in [-0.2, 0) is 16.0 Å². The molecule has 2 aliphatic rings. The van der Waals surface area contributed by atoms with Crippen molar-refractivity contribution in [1.29, 1.82) is 0 Å². The standard InChI is InChI=1S/C13H19N3O3/c17-8-9-5-11-12(6-9)19-4-3-16(11)13(18)7-10-1-2-14-15-10/h1-2,9,11-12,17H,3-8H2,(H,14,15)/t9-,11+,12+/m1/s1. The maximum atomic E-state index is 12.4. The first-order valence-corrected chi connectivity index (χ1v) is 6.78. The van der Waals surface area contributed by atoms with E-state index in [9.17, 15) is 9.90 Å². The Morgan fingerprint density at radius 1 is 1.58 bits per heavy atom. The number of hydrogen-bond acceptors (Lipinski definition) is 4. The number of hydrogen-bond donors (Lipinski definition) is 2. The summed E-state index contributed by atoms with van der Waals surface area (Å²) >= 11 is 0. The number of carbonyl (C=O) groups excluding carboxylic acids is 1. The minimum absolute atomic E-state index is 0.0941. The van der Waals surface area contributed by atoms with Crippen molar-refractivity contribution in [3.63, 3.8) is 0 Å². The van der Waals surface area contributed by atoms with Gasteiger partial charge in [0, 0.05) is 25.0 Å². The van der Waals surface area contributed by atoms with E-state index in [0.29, 0.717) is 19.6 Å². The predicted octanol–water partition coefficient (Wildman–Crippen LogP) is -0.0495. The van der Waals surface area contributed by atoms with Crippen molar-refractivity contribution in [3.8, 4) is 0 Å². The quantitative estimate of drug-likeness (QED) is 0.803. The molecule has 1 saturated carbocycles. The molecule has 1 aliphatic carbocycles. The first-order chi connectivity index (χ1) is 9.28. The van der Waals surface area contributed by atoms with Crippen LogP contribution < -0.4 is 0 Å². The summed E-state index contributed by atoms with van der Waals surface area (Å²) in [6, 6.07) is 1.95. The number of aromatic amines is 1. The molecule has 3 rings (SSSR count). The Kier molecular flexibility index (Phi) is 3.52. The third-order valence-electron chi connectivity index (χ3n) is 4.11. The van der Waals surface area contributed by atoms with Crippen molar-refractivity contribution in [2.24, 2.45) is 5.92 Å². The molecule has 2 fully saturated rings. The lowest BCUT2D eigenvalue weighted by Crippen LogP contribution is -2.51. The first kappa shape index (κ1) is 12.6. The van der Waals surface area contributed by atoms with Crippen molar-refractivity contribution in [2.75, 3.05) is 19.8 Å². The highest BCUT2D eigenvalue weighted by Gasteiger charge is 2.42. The topological polar surface area (TPSA) is 78.5 Å². The number of rotatable bonds is 3. The molecule has 0 aromatic carbocycles. The van der Waals surface area contributed by atoms with Gasteiger partial charge in [-0.2, -0.15) is 5.10 Å². The summed E-state index contributed by atoms with van der Waals surface area (Å²) in [4.78, 5) is 14.3. The summed E-state index contributed by atoms with van der Waals surface area (Å²) < 4.78 is 5.72. The van der Waals surface area contributed by atoms with Gasteiger partial charge in [-0.05, 0) is 24.8 Å². The second-order valence-corrected chi connectivity index (χ2v) is 5.34. The van der Waals surface area contributed by atoms with Gasteiger partial charge in [0.05, 0.1) is 25.2 Å². The number of nitrogens with zero attached hydrogens (tertiary/aromatic N) is 2. The number of H-pyrrole nitrogens is 1. The number of aliphatic hydroxyl groups is 1. The lowest BCUT2D eigenvalue weighted by Gasteiger charge is -2.37. The smallest absolute Gasteiger partial charge is 0.228 e. The van der Waals surface area contributed by atoms with Crippen LogP contribution in [0.4, 0.5) is 0 Å². The molecule has 2 heterocycles. The second-order valence-electron chi connectivity index (χ2n) is 5.34. The normalized spacial score (nSPS) is 30.4. The van der Waals surface area contributed by atoms with Gasteiger partial charge in [-0.1, -0.05) is 0 Å². The lowest BCUT2D eigenvalue weighted by molar-refractivity contribution is -0.143.